The van der Waals surface area contributed by atoms with E-state index < -0.39 is 10.0 Å². The minimum atomic E-state index is -3.37. The van der Waals surface area contributed by atoms with Crippen LogP contribution in [0.5, 0.6) is 0 Å². The zero-order valence-corrected chi connectivity index (χ0v) is 19.4. The lowest BCUT2D eigenvalue weighted by molar-refractivity contribution is -0.125. The lowest BCUT2D eigenvalue weighted by atomic mass is 9.97. The number of thioether (sulfide) groups is 1. The smallest absolute Gasteiger partial charge is 0.223 e. The van der Waals surface area contributed by atoms with E-state index >= 15 is 0 Å². The van der Waals surface area contributed by atoms with Crippen LogP contribution >= 0.6 is 23.4 Å². The van der Waals surface area contributed by atoms with E-state index in [1.807, 2.05) is 55.5 Å². The van der Waals surface area contributed by atoms with Gasteiger partial charge in [0.2, 0.25) is 15.9 Å². The Labute approximate surface area is 188 Å². The molecule has 1 fully saturated rings. The van der Waals surface area contributed by atoms with E-state index in [0.29, 0.717) is 37.5 Å². The quantitative estimate of drug-likeness (QED) is 0.470. The van der Waals surface area contributed by atoms with E-state index in [2.05, 4.69) is 5.32 Å². The Kier molecular flexibility index (Phi) is 8.22. The first kappa shape index (κ1) is 23.1. The highest BCUT2D eigenvalue weighted by Crippen LogP contribution is 2.23. The molecule has 8 heteroatoms. The number of aryl methyl sites for hydroxylation is 1. The Morgan fingerprint density at radius 2 is 1.87 bits per heavy atom. The summed E-state index contributed by atoms with van der Waals surface area (Å²) in [5, 5.41) is 3.69. The number of nitrogens with one attached hydrogen (secondary N) is 1. The zero-order valence-electron chi connectivity index (χ0n) is 17.0. The van der Waals surface area contributed by atoms with Gasteiger partial charge < -0.3 is 5.32 Å². The van der Waals surface area contributed by atoms with Gasteiger partial charge in [0, 0.05) is 41.2 Å². The van der Waals surface area contributed by atoms with Gasteiger partial charge in [0.25, 0.3) is 0 Å². The van der Waals surface area contributed by atoms with Crippen molar-refractivity contribution in [2.24, 2.45) is 5.92 Å². The van der Waals surface area contributed by atoms with Crippen molar-refractivity contribution in [3.63, 3.8) is 0 Å². The van der Waals surface area contributed by atoms with Crippen molar-refractivity contribution in [2.75, 3.05) is 25.4 Å². The van der Waals surface area contributed by atoms with Crippen molar-refractivity contribution in [1.29, 1.82) is 0 Å². The summed E-state index contributed by atoms with van der Waals surface area (Å²) in [7, 11) is -3.37. The Morgan fingerprint density at radius 3 is 2.53 bits per heavy atom. The van der Waals surface area contributed by atoms with Crippen LogP contribution in [0.1, 0.15) is 24.0 Å². The highest BCUT2D eigenvalue weighted by Gasteiger charge is 2.31. The third kappa shape index (κ3) is 6.74. The number of piperidine rings is 1. The van der Waals surface area contributed by atoms with E-state index in [9.17, 15) is 13.2 Å². The SMILES string of the molecule is Cc1cccc(CS(=O)(=O)N2CCC(C(=O)NCCSc3ccc(Cl)cc3)CC2)c1. The Morgan fingerprint density at radius 1 is 1.17 bits per heavy atom. The molecule has 1 amide bonds. The third-order valence-corrected chi connectivity index (χ3v) is 8.25. The highest BCUT2D eigenvalue weighted by molar-refractivity contribution is 7.99. The fraction of sp³-hybridized carbons (Fsp3) is 0.409. The maximum absolute atomic E-state index is 12.7. The molecule has 1 N–H and O–H groups in total. The number of nitrogens with zero attached hydrogens (tertiary/aromatic N) is 1. The van der Waals surface area contributed by atoms with Gasteiger partial charge in [-0.25, -0.2) is 12.7 Å². The number of halogens is 1. The van der Waals surface area contributed by atoms with Crippen LogP contribution in [-0.2, 0) is 20.6 Å². The predicted octanol–water partition coefficient (Wildman–Crippen LogP) is 4.10. The molecule has 1 saturated heterocycles. The Hall–Kier alpha value is -1.54. The molecule has 2 aromatic rings. The van der Waals surface area contributed by atoms with Crippen LogP contribution in [0.4, 0.5) is 0 Å². The van der Waals surface area contributed by atoms with Gasteiger partial charge in [-0.2, -0.15) is 0 Å². The monoisotopic (exact) mass is 466 g/mol. The van der Waals surface area contributed by atoms with Crippen molar-refractivity contribution < 1.29 is 13.2 Å². The van der Waals surface area contributed by atoms with Crippen LogP contribution in [0, 0.1) is 12.8 Å². The molecule has 0 radical (unpaired) electrons. The molecule has 0 saturated carbocycles. The molecule has 2 aromatic carbocycles. The van der Waals surface area contributed by atoms with Crippen LogP contribution in [-0.4, -0.2) is 44.0 Å². The number of amides is 1. The lowest BCUT2D eigenvalue weighted by Crippen LogP contribution is -2.43. The van der Waals surface area contributed by atoms with Crippen molar-refractivity contribution in [3.8, 4) is 0 Å². The fourth-order valence-corrected chi connectivity index (χ4v) is 5.96. The summed E-state index contributed by atoms with van der Waals surface area (Å²) in [6, 6.07) is 15.2. The van der Waals surface area contributed by atoms with E-state index in [1.165, 1.54) is 4.31 Å². The van der Waals surface area contributed by atoms with Gasteiger partial charge >= 0.3 is 0 Å². The molecular formula is C22H27ClN2O3S2. The number of sulfonamides is 1. The number of hydrogen-bond donors (Lipinski definition) is 1. The van der Waals surface area contributed by atoms with Crippen molar-refractivity contribution in [2.45, 2.75) is 30.4 Å². The van der Waals surface area contributed by atoms with Crippen molar-refractivity contribution >= 4 is 39.3 Å². The molecule has 162 valence electrons. The topological polar surface area (TPSA) is 66.5 Å². The maximum atomic E-state index is 12.7. The fourth-order valence-electron chi connectivity index (χ4n) is 3.52. The van der Waals surface area contributed by atoms with Crippen LogP contribution in [0.2, 0.25) is 5.02 Å². The van der Waals surface area contributed by atoms with Crippen LogP contribution in [0.3, 0.4) is 0 Å². The molecule has 1 heterocycles. The molecule has 30 heavy (non-hydrogen) atoms. The number of carbonyl (C=O) groups excluding carboxylic acids is 1. The highest BCUT2D eigenvalue weighted by atomic mass is 35.5. The van der Waals surface area contributed by atoms with E-state index in [0.717, 1.165) is 21.8 Å². The summed E-state index contributed by atoms with van der Waals surface area (Å²) in [5.74, 6) is 0.670. The van der Waals surface area contributed by atoms with Gasteiger partial charge in [-0.15, -0.1) is 11.8 Å². The largest absolute Gasteiger partial charge is 0.355 e. The molecule has 1 aliphatic rings. The third-order valence-electron chi connectivity index (χ3n) is 5.13. The molecule has 0 aromatic heterocycles. The number of benzene rings is 2. The standard InChI is InChI=1S/C22H27ClN2O3S2/c1-17-3-2-4-18(15-17)16-30(27,28)25-12-9-19(10-13-25)22(26)24-11-14-29-21-7-5-20(23)6-8-21/h2-8,15,19H,9-14,16H2,1H3,(H,24,26). The zero-order chi connectivity index (χ0) is 21.6. The number of hydrogen-bond acceptors (Lipinski definition) is 4. The van der Waals surface area contributed by atoms with Gasteiger partial charge in [0.1, 0.15) is 0 Å². The summed E-state index contributed by atoms with van der Waals surface area (Å²) in [6.07, 6.45) is 1.12. The second kappa shape index (κ2) is 10.7. The summed E-state index contributed by atoms with van der Waals surface area (Å²) in [6.45, 7) is 3.32. The van der Waals surface area contributed by atoms with E-state index in [1.54, 1.807) is 11.8 Å². The summed E-state index contributed by atoms with van der Waals surface area (Å²) in [4.78, 5) is 13.5. The molecule has 0 aliphatic carbocycles. The van der Waals surface area contributed by atoms with E-state index in [4.69, 9.17) is 11.6 Å². The summed E-state index contributed by atoms with van der Waals surface area (Å²) in [5.41, 5.74) is 1.85. The molecule has 0 unspecified atom stereocenters. The average molecular weight is 467 g/mol. The van der Waals surface area contributed by atoms with Crippen LogP contribution < -0.4 is 5.32 Å². The number of rotatable bonds is 8. The molecule has 3 rings (SSSR count). The molecular weight excluding hydrogens is 440 g/mol. The number of carbonyl (C=O) groups is 1. The van der Waals surface area contributed by atoms with Crippen LogP contribution in [0.25, 0.3) is 0 Å². The average Bonchev–Trinajstić information content (AvgIpc) is 2.72. The molecule has 0 atom stereocenters. The second-order valence-corrected chi connectivity index (χ2v) is 11.1. The Balaban J connectivity index is 1.40. The first-order valence-electron chi connectivity index (χ1n) is 10.0. The van der Waals surface area contributed by atoms with Gasteiger partial charge in [0.15, 0.2) is 0 Å². The van der Waals surface area contributed by atoms with Gasteiger partial charge in [0.05, 0.1) is 5.75 Å². The minimum absolute atomic E-state index is 0.00741. The van der Waals surface area contributed by atoms with Crippen molar-refractivity contribution in [1.82, 2.24) is 9.62 Å². The molecule has 5 nitrogen and oxygen atoms in total. The van der Waals surface area contributed by atoms with Gasteiger partial charge in [-0.3, -0.25) is 4.79 Å². The molecule has 0 bridgehead atoms. The maximum Gasteiger partial charge on any atom is 0.223 e. The first-order valence-corrected chi connectivity index (χ1v) is 13.0. The van der Waals surface area contributed by atoms with E-state index in [-0.39, 0.29) is 17.6 Å². The van der Waals surface area contributed by atoms with Gasteiger partial charge in [-0.1, -0.05) is 41.4 Å². The summed E-state index contributed by atoms with van der Waals surface area (Å²) < 4.78 is 27.0. The first-order chi connectivity index (χ1) is 14.3. The van der Waals surface area contributed by atoms with Crippen LogP contribution in [0.15, 0.2) is 53.4 Å². The minimum Gasteiger partial charge on any atom is -0.355 e. The molecule has 0 spiro atoms. The molecule has 1 aliphatic heterocycles. The normalized spacial score (nSPS) is 15.8. The van der Waals surface area contributed by atoms with Crippen molar-refractivity contribution in [3.05, 3.63) is 64.7 Å². The Bertz CT molecular complexity index is 957. The lowest BCUT2D eigenvalue weighted by Gasteiger charge is -2.30. The van der Waals surface area contributed by atoms with Gasteiger partial charge in [-0.05, 0) is 49.6 Å². The summed E-state index contributed by atoms with van der Waals surface area (Å²) >= 11 is 7.54. The second-order valence-electron chi connectivity index (χ2n) is 7.51. The predicted molar refractivity (Wildman–Crippen MR) is 123 cm³/mol.